The lowest BCUT2D eigenvalue weighted by atomic mass is 10.1. The van der Waals surface area contributed by atoms with Gasteiger partial charge in [0.15, 0.2) is 6.10 Å². The summed E-state index contributed by atoms with van der Waals surface area (Å²) in [5.74, 6) is -0.326. The normalized spacial score (nSPS) is 20.5. The Morgan fingerprint density at radius 1 is 1.42 bits per heavy atom. The molecule has 2 rings (SSSR count). The number of ether oxygens (including phenoxy) is 2. The monoisotopic (exact) mass is 383 g/mol. The molecule has 1 aromatic rings. The SMILES string of the molecule is CNC(=O)C(OC)[C@@H]1C[C@H](S)CN1C(=O)OCc1ccc([N+](=O)[O-])cc1. The Hall–Kier alpha value is -2.33. The minimum absolute atomic E-state index is 0.0328. The van der Waals surface area contributed by atoms with Crippen LogP contribution in [-0.2, 0) is 20.9 Å². The number of nitrogens with one attached hydrogen (secondary N) is 1. The van der Waals surface area contributed by atoms with E-state index in [0.717, 1.165) is 0 Å². The molecule has 0 spiro atoms. The first-order valence-corrected chi connectivity index (χ1v) is 8.48. The highest BCUT2D eigenvalue weighted by atomic mass is 32.1. The first kappa shape index (κ1) is 20.0. The molecule has 1 aromatic carbocycles. The van der Waals surface area contributed by atoms with Gasteiger partial charge in [0.25, 0.3) is 11.6 Å². The summed E-state index contributed by atoms with van der Waals surface area (Å²) in [7, 11) is 2.91. The van der Waals surface area contributed by atoms with Crippen LogP contribution in [0.4, 0.5) is 10.5 Å². The number of methoxy groups -OCH3 is 1. The Balaban J connectivity index is 2.02. The standard InChI is InChI=1S/C16H21N3O6S/c1-17-15(20)14(24-2)13-7-12(26)8-18(13)16(21)25-9-10-3-5-11(6-4-10)19(22)23/h3-6,12-14,26H,7-9H2,1-2H3,(H,17,20)/t12-,13-,14?/m0/s1. The number of non-ortho nitro benzene ring substituents is 1. The fraction of sp³-hybridized carbons (Fsp3) is 0.500. The Labute approximate surface area is 156 Å². The van der Waals surface area contributed by atoms with Crippen LogP contribution in [0.3, 0.4) is 0 Å². The van der Waals surface area contributed by atoms with E-state index in [1.807, 2.05) is 0 Å². The average molecular weight is 383 g/mol. The zero-order valence-corrected chi connectivity index (χ0v) is 15.3. The molecule has 0 aromatic heterocycles. The van der Waals surface area contributed by atoms with Crippen molar-refractivity contribution in [3.63, 3.8) is 0 Å². The molecular formula is C16H21N3O6S. The van der Waals surface area contributed by atoms with Crippen molar-refractivity contribution in [1.82, 2.24) is 10.2 Å². The van der Waals surface area contributed by atoms with Gasteiger partial charge in [-0.15, -0.1) is 0 Å². The van der Waals surface area contributed by atoms with Crippen molar-refractivity contribution in [2.75, 3.05) is 20.7 Å². The molecule has 1 unspecified atom stereocenters. The molecular weight excluding hydrogens is 362 g/mol. The lowest BCUT2D eigenvalue weighted by Crippen LogP contribution is -2.50. The van der Waals surface area contributed by atoms with Gasteiger partial charge in [0.1, 0.15) is 6.61 Å². The molecule has 1 aliphatic heterocycles. The molecule has 0 radical (unpaired) electrons. The van der Waals surface area contributed by atoms with Gasteiger partial charge in [-0.3, -0.25) is 14.9 Å². The van der Waals surface area contributed by atoms with E-state index in [-0.39, 0.29) is 23.5 Å². The summed E-state index contributed by atoms with van der Waals surface area (Å²) < 4.78 is 10.5. The molecule has 142 valence electrons. The van der Waals surface area contributed by atoms with Crippen LogP contribution < -0.4 is 5.32 Å². The molecule has 2 amide bonds. The van der Waals surface area contributed by atoms with Crippen molar-refractivity contribution < 1.29 is 24.0 Å². The number of nitro groups is 1. The topological polar surface area (TPSA) is 111 Å². The highest BCUT2D eigenvalue weighted by molar-refractivity contribution is 7.81. The molecule has 1 N–H and O–H groups in total. The number of hydrogen-bond acceptors (Lipinski definition) is 7. The Morgan fingerprint density at radius 3 is 2.62 bits per heavy atom. The summed E-state index contributed by atoms with van der Waals surface area (Å²) in [4.78, 5) is 36.0. The minimum atomic E-state index is -0.816. The fourth-order valence-electron chi connectivity index (χ4n) is 2.86. The number of likely N-dealkylation sites (tertiary alicyclic amines) is 1. The molecule has 0 bridgehead atoms. The quantitative estimate of drug-likeness (QED) is 0.436. The highest BCUT2D eigenvalue weighted by Gasteiger charge is 2.42. The van der Waals surface area contributed by atoms with Crippen LogP contribution in [0.2, 0.25) is 0 Å². The molecule has 1 saturated heterocycles. The van der Waals surface area contributed by atoms with Crippen LogP contribution >= 0.6 is 12.6 Å². The summed E-state index contributed by atoms with van der Waals surface area (Å²) in [6.07, 6.45) is -0.901. The van der Waals surface area contributed by atoms with Gasteiger partial charge >= 0.3 is 6.09 Å². The maximum Gasteiger partial charge on any atom is 0.410 e. The van der Waals surface area contributed by atoms with Gasteiger partial charge in [-0.05, 0) is 24.1 Å². The van der Waals surface area contributed by atoms with Gasteiger partial charge in [-0.1, -0.05) is 0 Å². The zero-order valence-electron chi connectivity index (χ0n) is 14.5. The van der Waals surface area contributed by atoms with Crippen molar-refractivity contribution in [3.05, 3.63) is 39.9 Å². The van der Waals surface area contributed by atoms with Gasteiger partial charge in [-0.2, -0.15) is 12.6 Å². The van der Waals surface area contributed by atoms with E-state index in [1.165, 1.54) is 43.3 Å². The third kappa shape index (κ3) is 4.64. The summed E-state index contributed by atoms with van der Waals surface area (Å²) in [6, 6.07) is 5.26. The van der Waals surface area contributed by atoms with Crippen molar-refractivity contribution in [1.29, 1.82) is 0 Å². The Bertz CT molecular complexity index is 668. The highest BCUT2D eigenvalue weighted by Crippen LogP contribution is 2.27. The number of carbonyl (C=O) groups is 2. The second-order valence-corrected chi connectivity index (χ2v) is 6.59. The molecule has 9 nitrogen and oxygen atoms in total. The predicted octanol–water partition coefficient (Wildman–Crippen LogP) is 1.37. The molecule has 10 heteroatoms. The lowest BCUT2D eigenvalue weighted by Gasteiger charge is -2.28. The summed E-state index contributed by atoms with van der Waals surface area (Å²) in [5, 5.41) is 13.1. The Kier molecular flexibility index (Phi) is 6.81. The van der Waals surface area contributed by atoms with E-state index >= 15 is 0 Å². The van der Waals surface area contributed by atoms with Crippen molar-refractivity contribution >= 4 is 30.3 Å². The first-order chi connectivity index (χ1) is 12.4. The molecule has 0 saturated carbocycles. The number of carbonyl (C=O) groups excluding carboxylic acids is 2. The van der Waals surface area contributed by atoms with E-state index in [4.69, 9.17) is 9.47 Å². The van der Waals surface area contributed by atoms with E-state index in [9.17, 15) is 19.7 Å². The van der Waals surface area contributed by atoms with Gasteiger partial charge in [0.2, 0.25) is 0 Å². The zero-order chi connectivity index (χ0) is 19.3. The van der Waals surface area contributed by atoms with E-state index in [0.29, 0.717) is 18.5 Å². The molecule has 0 aliphatic carbocycles. The lowest BCUT2D eigenvalue weighted by molar-refractivity contribution is -0.384. The van der Waals surface area contributed by atoms with Gasteiger partial charge in [0, 0.05) is 38.1 Å². The molecule has 1 fully saturated rings. The van der Waals surface area contributed by atoms with Gasteiger partial charge in [-0.25, -0.2) is 4.79 Å². The number of benzene rings is 1. The van der Waals surface area contributed by atoms with E-state index in [2.05, 4.69) is 17.9 Å². The van der Waals surface area contributed by atoms with E-state index < -0.39 is 23.2 Å². The molecule has 26 heavy (non-hydrogen) atoms. The number of rotatable bonds is 6. The second-order valence-electron chi connectivity index (χ2n) is 5.86. The third-order valence-electron chi connectivity index (χ3n) is 4.17. The summed E-state index contributed by atoms with van der Waals surface area (Å²) >= 11 is 4.40. The van der Waals surface area contributed by atoms with Crippen molar-refractivity contribution in [3.8, 4) is 0 Å². The fourth-order valence-corrected chi connectivity index (χ4v) is 3.25. The number of nitro benzene ring substituents is 1. The summed E-state index contributed by atoms with van der Waals surface area (Å²) in [6.45, 7) is 0.304. The van der Waals surface area contributed by atoms with Crippen LogP contribution in [0.1, 0.15) is 12.0 Å². The smallest absolute Gasteiger partial charge is 0.410 e. The van der Waals surface area contributed by atoms with Gasteiger partial charge in [0.05, 0.1) is 11.0 Å². The first-order valence-electron chi connectivity index (χ1n) is 7.96. The Morgan fingerprint density at radius 2 is 2.08 bits per heavy atom. The van der Waals surface area contributed by atoms with Crippen LogP contribution in [0.5, 0.6) is 0 Å². The molecule has 1 aliphatic rings. The van der Waals surface area contributed by atoms with Crippen LogP contribution in [-0.4, -0.2) is 59.9 Å². The maximum atomic E-state index is 12.5. The average Bonchev–Trinajstić information content (AvgIpc) is 3.01. The predicted molar refractivity (Wildman–Crippen MR) is 96.0 cm³/mol. The molecule has 1 heterocycles. The number of thiol groups is 1. The van der Waals surface area contributed by atoms with E-state index in [1.54, 1.807) is 0 Å². The number of nitrogens with zero attached hydrogens (tertiary/aromatic N) is 2. The van der Waals surface area contributed by atoms with Gasteiger partial charge < -0.3 is 19.7 Å². The third-order valence-corrected chi connectivity index (χ3v) is 4.55. The van der Waals surface area contributed by atoms with Crippen LogP contribution in [0, 0.1) is 10.1 Å². The van der Waals surface area contributed by atoms with Crippen LogP contribution in [0.15, 0.2) is 24.3 Å². The summed E-state index contributed by atoms with van der Waals surface area (Å²) in [5.41, 5.74) is 0.586. The minimum Gasteiger partial charge on any atom is -0.445 e. The number of hydrogen-bond donors (Lipinski definition) is 2. The van der Waals surface area contributed by atoms with Crippen molar-refractivity contribution in [2.24, 2.45) is 0 Å². The largest absolute Gasteiger partial charge is 0.445 e. The van der Waals surface area contributed by atoms with Crippen molar-refractivity contribution in [2.45, 2.75) is 30.4 Å². The van der Waals surface area contributed by atoms with Crippen LogP contribution in [0.25, 0.3) is 0 Å². The maximum absolute atomic E-state index is 12.5. The number of amides is 2. The number of likely N-dealkylation sites (N-methyl/N-ethyl adjacent to an activating group) is 1. The molecule has 3 atom stereocenters. The second kappa shape index (κ2) is 8.86.